The van der Waals surface area contributed by atoms with E-state index in [4.69, 9.17) is 30.4 Å². The maximum Gasteiger partial charge on any atom is 0.250 e. The fourth-order valence-corrected chi connectivity index (χ4v) is 1.51. The van der Waals surface area contributed by atoms with E-state index in [1.54, 1.807) is 6.92 Å². The van der Waals surface area contributed by atoms with Crippen molar-refractivity contribution >= 4 is 0 Å². The first-order valence-corrected chi connectivity index (χ1v) is 6.07. The van der Waals surface area contributed by atoms with Crippen molar-refractivity contribution in [3.8, 4) is 0 Å². The second-order valence-electron chi connectivity index (χ2n) is 3.48. The van der Waals surface area contributed by atoms with Gasteiger partial charge >= 0.3 is 0 Å². The van der Waals surface area contributed by atoms with Gasteiger partial charge in [-0.15, -0.1) is 0 Å². The molecule has 0 rings (SSSR count). The summed E-state index contributed by atoms with van der Waals surface area (Å²) in [6.07, 6.45) is 0. The molecular weight excluding hydrogens is 224 g/mol. The Balaban J connectivity index is 4.97. The summed E-state index contributed by atoms with van der Waals surface area (Å²) in [7, 11) is 0. The van der Waals surface area contributed by atoms with E-state index in [0.717, 1.165) is 0 Å². The van der Waals surface area contributed by atoms with E-state index in [1.807, 2.05) is 20.8 Å². The first-order valence-electron chi connectivity index (χ1n) is 6.07. The first kappa shape index (κ1) is 16.8. The lowest BCUT2D eigenvalue weighted by atomic mass is 10.1. The van der Waals surface area contributed by atoms with Gasteiger partial charge in [0.15, 0.2) is 0 Å². The van der Waals surface area contributed by atoms with E-state index in [1.165, 1.54) is 0 Å². The Labute approximate surface area is 104 Å². The summed E-state index contributed by atoms with van der Waals surface area (Å²) in [6, 6.07) is 0. The van der Waals surface area contributed by atoms with Gasteiger partial charge in [0.1, 0.15) is 6.61 Å². The third kappa shape index (κ3) is 4.50. The highest BCUT2D eigenvalue weighted by atomic mass is 16.7. The van der Waals surface area contributed by atoms with Gasteiger partial charge in [0.2, 0.25) is 5.85 Å². The van der Waals surface area contributed by atoms with E-state index >= 15 is 0 Å². The monoisotopic (exact) mass is 250 g/mol. The van der Waals surface area contributed by atoms with Crippen LogP contribution in [0.1, 0.15) is 27.7 Å². The highest BCUT2D eigenvalue weighted by molar-refractivity contribution is 4.87. The SMILES string of the molecule is CCOCC(OCC)(OCC)C(N)(N)OCC. The number of nitrogens with two attached hydrogens (primary N) is 2. The van der Waals surface area contributed by atoms with Gasteiger partial charge in [-0.2, -0.15) is 0 Å². The van der Waals surface area contributed by atoms with Gasteiger partial charge in [-0.1, -0.05) is 0 Å². The molecule has 0 aromatic heterocycles. The topological polar surface area (TPSA) is 89.0 Å². The number of hydrogen-bond donors (Lipinski definition) is 2. The van der Waals surface area contributed by atoms with Gasteiger partial charge in [-0.25, -0.2) is 0 Å². The highest BCUT2D eigenvalue weighted by Gasteiger charge is 2.50. The minimum Gasteiger partial charge on any atom is -0.376 e. The number of hydrogen-bond acceptors (Lipinski definition) is 6. The minimum absolute atomic E-state index is 0.123. The average Bonchev–Trinajstić information content (AvgIpc) is 2.26. The summed E-state index contributed by atoms with van der Waals surface area (Å²) in [5.41, 5.74) is 11.9. The lowest BCUT2D eigenvalue weighted by Crippen LogP contribution is -2.72. The fraction of sp³-hybridized carbons (Fsp3) is 1.00. The summed E-state index contributed by atoms with van der Waals surface area (Å²) in [6.45, 7) is 9.15. The van der Waals surface area contributed by atoms with Gasteiger partial charge in [-0.05, 0) is 27.7 Å². The first-order chi connectivity index (χ1) is 7.99. The van der Waals surface area contributed by atoms with Gasteiger partial charge in [0, 0.05) is 26.4 Å². The lowest BCUT2D eigenvalue weighted by molar-refractivity contribution is -0.342. The molecule has 0 unspecified atom stereocenters. The van der Waals surface area contributed by atoms with Gasteiger partial charge in [0.25, 0.3) is 5.79 Å². The minimum atomic E-state index is -1.55. The van der Waals surface area contributed by atoms with Crippen LogP contribution in [0.5, 0.6) is 0 Å². The molecule has 6 nitrogen and oxygen atoms in total. The third-order valence-electron chi connectivity index (χ3n) is 2.23. The third-order valence-corrected chi connectivity index (χ3v) is 2.23. The molecule has 0 heterocycles. The molecule has 4 N–H and O–H groups in total. The molecule has 0 aliphatic carbocycles. The fourth-order valence-electron chi connectivity index (χ4n) is 1.51. The molecule has 17 heavy (non-hydrogen) atoms. The maximum atomic E-state index is 5.94. The van der Waals surface area contributed by atoms with Crippen molar-refractivity contribution in [1.29, 1.82) is 0 Å². The zero-order valence-corrected chi connectivity index (χ0v) is 11.3. The van der Waals surface area contributed by atoms with Crippen LogP contribution in [0, 0.1) is 0 Å². The molecule has 0 atom stereocenters. The molecule has 0 bridgehead atoms. The average molecular weight is 250 g/mol. The van der Waals surface area contributed by atoms with Crippen molar-refractivity contribution in [3.05, 3.63) is 0 Å². The van der Waals surface area contributed by atoms with E-state index in [9.17, 15) is 0 Å². The second-order valence-corrected chi connectivity index (χ2v) is 3.48. The number of ether oxygens (including phenoxy) is 4. The Kier molecular flexibility index (Phi) is 7.85. The zero-order chi connectivity index (χ0) is 13.4. The molecule has 0 aromatic carbocycles. The van der Waals surface area contributed by atoms with Crippen LogP contribution in [0.3, 0.4) is 0 Å². The Morgan fingerprint density at radius 3 is 1.59 bits per heavy atom. The molecular formula is C11H26N2O4. The normalized spacial score (nSPS) is 13.1. The molecule has 6 heteroatoms. The molecule has 0 aliphatic heterocycles. The second kappa shape index (κ2) is 7.97. The predicted molar refractivity (Wildman–Crippen MR) is 65.2 cm³/mol. The van der Waals surface area contributed by atoms with Crippen LogP contribution in [0.25, 0.3) is 0 Å². The van der Waals surface area contributed by atoms with Crippen molar-refractivity contribution in [3.63, 3.8) is 0 Å². The van der Waals surface area contributed by atoms with Gasteiger partial charge in [-0.3, -0.25) is 11.5 Å². The Morgan fingerprint density at radius 1 is 0.765 bits per heavy atom. The summed E-state index contributed by atoms with van der Waals surface area (Å²) >= 11 is 0. The molecule has 0 aliphatic rings. The Hall–Kier alpha value is -0.240. The summed E-state index contributed by atoms with van der Waals surface area (Å²) < 4.78 is 21.8. The van der Waals surface area contributed by atoms with E-state index < -0.39 is 11.6 Å². The van der Waals surface area contributed by atoms with Crippen molar-refractivity contribution in [1.82, 2.24) is 0 Å². The molecule has 0 spiro atoms. The highest BCUT2D eigenvalue weighted by Crippen LogP contribution is 2.24. The Bertz CT molecular complexity index is 194. The molecule has 0 saturated carbocycles. The predicted octanol–water partition coefficient (Wildman–Crippen LogP) is 0.400. The summed E-state index contributed by atoms with van der Waals surface area (Å²) in [5.74, 6) is -2.84. The van der Waals surface area contributed by atoms with Crippen molar-refractivity contribution in [2.45, 2.75) is 39.3 Å². The van der Waals surface area contributed by atoms with Crippen LogP contribution in [0.4, 0.5) is 0 Å². The number of rotatable bonds is 10. The van der Waals surface area contributed by atoms with Crippen molar-refractivity contribution in [2.75, 3.05) is 33.0 Å². The maximum absolute atomic E-state index is 5.94. The van der Waals surface area contributed by atoms with Gasteiger partial charge < -0.3 is 18.9 Å². The van der Waals surface area contributed by atoms with Gasteiger partial charge in [0.05, 0.1) is 0 Å². The van der Waals surface area contributed by atoms with Crippen LogP contribution in [0.15, 0.2) is 0 Å². The molecule has 0 aromatic rings. The summed E-state index contributed by atoms with van der Waals surface area (Å²) in [5, 5.41) is 0. The lowest BCUT2D eigenvalue weighted by Gasteiger charge is -2.43. The van der Waals surface area contributed by atoms with E-state index in [2.05, 4.69) is 0 Å². The van der Waals surface area contributed by atoms with Crippen LogP contribution in [0.2, 0.25) is 0 Å². The summed E-state index contributed by atoms with van der Waals surface area (Å²) in [4.78, 5) is 0. The molecule has 0 amide bonds. The van der Waals surface area contributed by atoms with Crippen LogP contribution in [-0.2, 0) is 18.9 Å². The molecule has 0 saturated heterocycles. The molecule has 0 fully saturated rings. The van der Waals surface area contributed by atoms with Crippen LogP contribution < -0.4 is 11.5 Å². The van der Waals surface area contributed by atoms with Crippen LogP contribution in [-0.4, -0.2) is 44.7 Å². The molecule has 0 radical (unpaired) electrons. The zero-order valence-electron chi connectivity index (χ0n) is 11.3. The smallest absolute Gasteiger partial charge is 0.250 e. The molecule has 104 valence electrons. The van der Waals surface area contributed by atoms with E-state index in [-0.39, 0.29) is 6.61 Å². The standard InChI is InChI=1S/C11H26N2O4/c1-5-14-9-10(15-6-2,16-7-3)11(12,13)17-8-4/h5-9,12-13H2,1-4H3. The van der Waals surface area contributed by atoms with E-state index in [0.29, 0.717) is 26.4 Å². The quantitative estimate of drug-likeness (QED) is 0.546. The largest absolute Gasteiger partial charge is 0.376 e. The van der Waals surface area contributed by atoms with Crippen molar-refractivity contribution < 1.29 is 18.9 Å². The van der Waals surface area contributed by atoms with Crippen LogP contribution >= 0.6 is 0 Å². The Morgan fingerprint density at radius 2 is 1.24 bits per heavy atom. The van der Waals surface area contributed by atoms with Crippen molar-refractivity contribution in [2.24, 2.45) is 11.5 Å².